The molecule has 94 valence electrons. The zero-order valence-corrected chi connectivity index (χ0v) is 10.9. The summed E-state index contributed by atoms with van der Waals surface area (Å²) in [5.41, 5.74) is 3.78. The van der Waals surface area contributed by atoms with Crippen molar-refractivity contribution in [1.29, 1.82) is 0 Å². The number of aromatic amines is 1. The van der Waals surface area contributed by atoms with E-state index in [1.807, 2.05) is 29.8 Å². The molecule has 0 amide bonds. The van der Waals surface area contributed by atoms with Crippen LogP contribution in [0.5, 0.6) is 0 Å². The molecule has 0 spiro atoms. The van der Waals surface area contributed by atoms with Gasteiger partial charge in [-0.05, 0) is 24.6 Å². The molecule has 1 N–H and O–H groups in total. The number of hydrogen-bond donors (Lipinski definition) is 1. The average molecular weight is 265 g/mol. The second-order valence-corrected chi connectivity index (χ2v) is 4.11. The van der Waals surface area contributed by atoms with Gasteiger partial charge in [0, 0.05) is 19.4 Å². The minimum atomic E-state index is -0.0952. The molecule has 2 aromatic heterocycles. The van der Waals surface area contributed by atoms with Crippen LogP contribution in [0.15, 0.2) is 35.6 Å². The number of imidazole rings is 2. The van der Waals surface area contributed by atoms with Crippen LogP contribution in [0.3, 0.4) is 0 Å². The Hall–Kier alpha value is -2.01. The van der Waals surface area contributed by atoms with Gasteiger partial charge < -0.3 is 9.55 Å². The van der Waals surface area contributed by atoms with Gasteiger partial charge in [0.25, 0.3) is 0 Å². The lowest BCUT2D eigenvalue weighted by atomic mass is 10.1. The van der Waals surface area contributed by atoms with Gasteiger partial charge in [0.1, 0.15) is 0 Å². The summed E-state index contributed by atoms with van der Waals surface area (Å²) in [6.45, 7) is 2.01. The summed E-state index contributed by atoms with van der Waals surface area (Å²) in [6.07, 6.45) is 5.37. The van der Waals surface area contributed by atoms with Crippen molar-refractivity contribution in [2.75, 3.05) is 0 Å². The van der Waals surface area contributed by atoms with Gasteiger partial charge in [-0.1, -0.05) is 0 Å². The number of nitrogens with one attached hydrogen (secondary N) is 1. The summed E-state index contributed by atoms with van der Waals surface area (Å²) in [4.78, 5) is 18.4. The number of fused-ring (bicyclic) bond motifs is 1. The van der Waals surface area contributed by atoms with Gasteiger partial charge in [0.05, 0.1) is 23.0 Å². The fourth-order valence-electron chi connectivity index (χ4n) is 2.05. The van der Waals surface area contributed by atoms with Crippen molar-refractivity contribution < 1.29 is 0 Å². The Labute approximate surface area is 109 Å². The van der Waals surface area contributed by atoms with E-state index in [0.717, 1.165) is 22.3 Å². The number of aryl methyl sites for hydroxylation is 2. The molecule has 18 heavy (non-hydrogen) atoms. The van der Waals surface area contributed by atoms with Crippen LogP contribution in [-0.4, -0.2) is 19.1 Å². The second kappa shape index (κ2) is 4.34. The van der Waals surface area contributed by atoms with Crippen LogP contribution in [0, 0.1) is 6.92 Å². The minimum absolute atomic E-state index is 0. The molecule has 0 aliphatic rings. The maximum atomic E-state index is 11.5. The predicted molar refractivity (Wildman–Crippen MR) is 72.6 cm³/mol. The topological polar surface area (TPSA) is 55.6 Å². The number of benzene rings is 1. The third-order valence-corrected chi connectivity index (χ3v) is 3.00. The summed E-state index contributed by atoms with van der Waals surface area (Å²) >= 11 is 0. The van der Waals surface area contributed by atoms with Crippen molar-refractivity contribution >= 4 is 23.4 Å². The highest BCUT2D eigenvalue weighted by molar-refractivity contribution is 5.85. The van der Waals surface area contributed by atoms with E-state index in [1.165, 1.54) is 0 Å². The molecule has 0 atom stereocenters. The number of halogens is 1. The molecule has 1 aromatic carbocycles. The van der Waals surface area contributed by atoms with Crippen LogP contribution in [0.1, 0.15) is 5.56 Å². The number of rotatable bonds is 1. The SMILES string of the molecule is Cc1cc2[nH]c(=O)n(C)c2cc1-n1ccnc1.Cl. The van der Waals surface area contributed by atoms with Gasteiger partial charge in [-0.3, -0.25) is 4.57 Å². The second-order valence-electron chi connectivity index (χ2n) is 4.11. The molecule has 2 heterocycles. The normalized spacial score (nSPS) is 10.6. The lowest BCUT2D eigenvalue weighted by Crippen LogP contribution is -2.11. The summed E-state index contributed by atoms with van der Waals surface area (Å²) in [5, 5.41) is 0. The van der Waals surface area contributed by atoms with Gasteiger partial charge in [0.2, 0.25) is 0 Å². The van der Waals surface area contributed by atoms with E-state index in [2.05, 4.69) is 9.97 Å². The monoisotopic (exact) mass is 264 g/mol. The van der Waals surface area contributed by atoms with Gasteiger partial charge >= 0.3 is 5.69 Å². The Kier molecular flexibility index (Phi) is 3.00. The first kappa shape index (κ1) is 12.4. The van der Waals surface area contributed by atoms with E-state index in [4.69, 9.17) is 0 Å². The Morgan fingerprint density at radius 1 is 1.33 bits per heavy atom. The Balaban J connectivity index is 0.00000120. The standard InChI is InChI=1S/C12H12N4O.ClH/c1-8-5-9-11(15(2)12(17)14-9)6-10(8)16-4-3-13-7-16;/h3-7H,1-2H3,(H,14,17);1H. The first-order valence-electron chi connectivity index (χ1n) is 5.34. The van der Waals surface area contributed by atoms with E-state index < -0.39 is 0 Å². The molecule has 0 aliphatic heterocycles. The molecular formula is C12H13ClN4O. The van der Waals surface area contributed by atoms with Crippen LogP contribution in [0.4, 0.5) is 0 Å². The number of aromatic nitrogens is 4. The van der Waals surface area contributed by atoms with Gasteiger partial charge in [-0.2, -0.15) is 0 Å². The molecule has 6 heteroatoms. The highest BCUT2D eigenvalue weighted by Gasteiger charge is 2.08. The van der Waals surface area contributed by atoms with Gasteiger partial charge in [-0.25, -0.2) is 9.78 Å². The predicted octanol–water partition coefficient (Wildman–Crippen LogP) is 1.78. The Morgan fingerprint density at radius 2 is 2.11 bits per heavy atom. The maximum Gasteiger partial charge on any atom is 0.326 e. The molecule has 3 aromatic rings. The van der Waals surface area contributed by atoms with E-state index in [0.29, 0.717) is 0 Å². The number of H-pyrrole nitrogens is 1. The van der Waals surface area contributed by atoms with Crippen LogP contribution >= 0.6 is 12.4 Å². The molecule has 5 nitrogen and oxygen atoms in total. The molecule has 0 aliphatic carbocycles. The fraction of sp³-hybridized carbons (Fsp3) is 0.167. The molecule has 0 saturated heterocycles. The summed E-state index contributed by atoms with van der Waals surface area (Å²) in [7, 11) is 1.76. The first-order chi connectivity index (χ1) is 8.16. The van der Waals surface area contributed by atoms with Crippen molar-refractivity contribution in [3.05, 3.63) is 46.9 Å². The molecular weight excluding hydrogens is 252 g/mol. The summed E-state index contributed by atoms with van der Waals surface area (Å²) in [6, 6.07) is 3.97. The third kappa shape index (κ3) is 1.73. The molecule has 0 radical (unpaired) electrons. The number of hydrogen-bond acceptors (Lipinski definition) is 2. The molecule has 0 saturated carbocycles. The average Bonchev–Trinajstić information content (AvgIpc) is 2.89. The summed E-state index contributed by atoms with van der Waals surface area (Å²) in [5.74, 6) is 0. The van der Waals surface area contributed by atoms with Crippen molar-refractivity contribution in [3.8, 4) is 5.69 Å². The van der Waals surface area contributed by atoms with E-state index in [1.54, 1.807) is 24.1 Å². The Morgan fingerprint density at radius 3 is 2.78 bits per heavy atom. The molecule has 3 rings (SSSR count). The number of nitrogens with zero attached hydrogens (tertiary/aromatic N) is 3. The van der Waals surface area contributed by atoms with Gasteiger partial charge in [0.15, 0.2) is 0 Å². The van der Waals surface area contributed by atoms with Crippen molar-refractivity contribution in [3.63, 3.8) is 0 Å². The first-order valence-corrected chi connectivity index (χ1v) is 5.34. The van der Waals surface area contributed by atoms with E-state index in [-0.39, 0.29) is 18.1 Å². The lowest BCUT2D eigenvalue weighted by Gasteiger charge is -2.07. The fourth-order valence-corrected chi connectivity index (χ4v) is 2.05. The maximum absolute atomic E-state index is 11.5. The largest absolute Gasteiger partial charge is 0.326 e. The zero-order valence-electron chi connectivity index (χ0n) is 10.0. The van der Waals surface area contributed by atoms with Crippen LogP contribution in [0.25, 0.3) is 16.7 Å². The van der Waals surface area contributed by atoms with E-state index >= 15 is 0 Å². The van der Waals surface area contributed by atoms with Crippen LogP contribution in [0.2, 0.25) is 0 Å². The molecule has 0 fully saturated rings. The lowest BCUT2D eigenvalue weighted by molar-refractivity contribution is 0.890. The highest BCUT2D eigenvalue weighted by Crippen LogP contribution is 2.20. The quantitative estimate of drug-likeness (QED) is 0.728. The minimum Gasteiger partial charge on any atom is -0.306 e. The smallest absolute Gasteiger partial charge is 0.306 e. The van der Waals surface area contributed by atoms with Crippen molar-refractivity contribution in [1.82, 2.24) is 19.1 Å². The van der Waals surface area contributed by atoms with Crippen molar-refractivity contribution in [2.45, 2.75) is 6.92 Å². The zero-order chi connectivity index (χ0) is 12.0. The van der Waals surface area contributed by atoms with Crippen LogP contribution in [-0.2, 0) is 7.05 Å². The van der Waals surface area contributed by atoms with Crippen LogP contribution < -0.4 is 5.69 Å². The third-order valence-electron chi connectivity index (χ3n) is 3.00. The summed E-state index contributed by atoms with van der Waals surface area (Å²) < 4.78 is 3.54. The van der Waals surface area contributed by atoms with Gasteiger partial charge in [-0.15, -0.1) is 12.4 Å². The molecule has 0 bridgehead atoms. The Bertz CT molecular complexity index is 739. The highest BCUT2D eigenvalue weighted by atomic mass is 35.5. The van der Waals surface area contributed by atoms with E-state index in [9.17, 15) is 4.79 Å². The molecule has 0 unspecified atom stereocenters. The van der Waals surface area contributed by atoms with Crippen molar-refractivity contribution in [2.24, 2.45) is 7.05 Å².